The highest BCUT2D eigenvalue weighted by Crippen LogP contribution is 2.19. The standard InChI is InChI=1S/C17H15N3O3/c21-17(23-12-15-4-1-2-6-19-15)20-10-13-8-14(11-18-9-13)16-5-3-7-22-16/h1-9,11H,10,12H2,(H,20,21). The van der Waals surface area contributed by atoms with Gasteiger partial charge in [0.1, 0.15) is 12.4 Å². The van der Waals surface area contributed by atoms with Gasteiger partial charge in [-0.2, -0.15) is 0 Å². The molecule has 0 aliphatic rings. The fraction of sp³-hybridized carbons (Fsp3) is 0.118. The highest BCUT2D eigenvalue weighted by molar-refractivity contribution is 5.67. The lowest BCUT2D eigenvalue weighted by Gasteiger charge is -2.07. The Labute approximate surface area is 133 Å². The summed E-state index contributed by atoms with van der Waals surface area (Å²) in [6.07, 6.45) is 6.16. The molecule has 3 aromatic rings. The molecule has 0 fully saturated rings. The third kappa shape index (κ3) is 4.16. The maximum atomic E-state index is 11.7. The lowest BCUT2D eigenvalue weighted by molar-refractivity contribution is 0.137. The van der Waals surface area contributed by atoms with Crippen LogP contribution in [0.2, 0.25) is 0 Å². The van der Waals surface area contributed by atoms with E-state index in [2.05, 4.69) is 15.3 Å². The summed E-state index contributed by atoms with van der Waals surface area (Å²) < 4.78 is 10.4. The second-order valence-corrected chi connectivity index (χ2v) is 4.81. The molecule has 3 aromatic heterocycles. The molecule has 0 atom stereocenters. The summed E-state index contributed by atoms with van der Waals surface area (Å²) in [7, 11) is 0. The van der Waals surface area contributed by atoms with E-state index in [1.54, 1.807) is 30.9 Å². The van der Waals surface area contributed by atoms with E-state index in [-0.39, 0.29) is 6.61 Å². The molecule has 0 spiro atoms. The summed E-state index contributed by atoms with van der Waals surface area (Å²) in [5.74, 6) is 0.733. The molecule has 0 aromatic carbocycles. The van der Waals surface area contributed by atoms with Gasteiger partial charge in [0, 0.05) is 30.7 Å². The SMILES string of the molecule is O=C(NCc1cncc(-c2ccco2)c1)OCc1ccccn1. The Balaban J connectivity index is 1.52. The zero-order valence-electron chi connectivity index (χ0n) is 12.3. The molecule has 23 heavy (non-hydrogen) atoms. The lowest BCUT2D eigenvalue weighted by Crippen LogP contribution is -2.23. The highest BCUT2D eigenvalue weighted by Gasteiger charge is 2.06. The zero-order chi connectivity index (χ0) is 15.9. The predicted octanol–water partition coefficient (Wildman–Crippen LogP) is 3.16. The van der Waals surface area contributed by atoms with Crippen molar-refractivity contribution in [3.63, 3.8) is 0 Å². The van der Waals surface area contributed by atoms with E-state index in [4.69, 9.17) is 9.15 Å². The fourth-order valence-electron chi connectivity index (χ4n) is 2.01. The first kappa shape index (κ1) is 14.8. The molecule has 0 bridgehead atoms. The van der Waals surface area contributed by atoms with Gasteiger partial charge in [-0.3, -0.25) is 9.97 Å². The van der Waals surface area contributed by atoms with Gasteiger partial charge in [0.15, 0.2) is 0 Å². The molecule has 0 unspecified atom stereocenters. The van der Waals surface area contributed by atoms with Crippen LogP contribution in [0.1, 0.15) is 11.3 Å². The van der Waals surface area contributed by atoms with Gasteiger partial charge in [-0.25, -0.2) is 4.79 Å². The van der Waals surface area contributed by atoms with Gasteiger partial charge in [0.05, 0.1) is 12.0 Å². The van der Waals surface area contributed by atoms with Crippen molar-refractivity contribution in [3.05, 3.63) is 72.5 Å². The number of ether oxygens (including phenoxy) is 1. The Bertz CT molecular complexity index is 758. The van der Waals surface area contributed by atoms with Crippen molar-refractivity contribution in [1.82, 2.24) is 15.3 Å². The molecule has 6 heteroatoms. The predicted molar refractivity (Wildman–Crippen MR) is 83.2 cm³/mol. The van der Waals surface area contributed by atoms with Crippen LogP contribution >= 0.6 is 0 Å². The molecular weight excluding hydrogens is 294 g/mol. The molecule has 3 rings (SSSR count). The minimum Gasteiger partial charge on any atom is -0.464 e. The monoisotopic (exact) mass is 309 g/mol. The van der Waals surface area contributed by atoms with Crippen LogP contribution in [0.15, 0.2) is 65.7 Å². The van der Waals surface area contributed by atoms with Crippen molar-refractivity contribution < 1.29 is 13.9 Å². The first-order chi connectivity index (χ1) is 11.3. The van der Waals surface area contributed by atoms with Gasteiger partial charge in [-0.05, 0) is 35.9 Å². The van der Waals surface area contributed by atoms with Gasteiger partial charge in [-0.1, -0.05) is 6.07 Å². The number of aromatic nitrogens is 2. The van der Waals surface area contributed by atoms with Crippen LogP contribution in [0.25, 0.3) is 11.3 Å². The van der Waals surface area contributed by atoms with Gasteiger partial charge in [0.25, 0.3) is 0 Å². The molecule has 1 amide bonds. The molecule has 0 radical (unpaired) electrons. The smallest absolute Gasteiger partial charge is 0.407 e. The fourth-order valence-corrected chi connectivity index (χ4v) is 2.01. The quantitative estimate of drug-likeness (QED) is 0.783. The van der Waals surface area contributed by atoms with Crippen LogP contribution in [0.5, 0.6) is 0 Å². The number of carbonyl (C=O) groups excluding carboxylic acids is 1. The van der Waals surface area contributed by atoms with Gasteiger partial charge in [-0.15, -0.1) is 0 Å². The number of nitrogens with one attached hydrogen (secondary N) is 1. The van der Waals surface area contributed by atoms with Gasteiger partial charge >= 0.3 is 6.09 Å². The molecule has 0 saturated heterocycles. The van der Waals surface area contributed by atoms with Gasteiger partial charge in [0.2, 0.25) is 0 Å². The van der Waals surface area contributed by atoms with Crippen molar-refractivity contribution in [2.24, 2.45) is 0 Å². The molecular formula is C17H15N3O3. The van der Waals surface area contributed by atoms with E-state index < -0.39 is 6.09 Å². The minimum absolute atomic E-state index is 0.136. The summed E-state index contributed by atoms with van der Waals surface area (Å²) in [6.45, 7) is 0.458. The van der Waals surface area contributed by atoms with Crippen LogP contribution in [0.4, 0.5) is 4.79 Å². The second kappa shape index (κ2) is 7.22. The molecule has 1 N–H and O–H groups in total. The van der Waals surface area contributed by atoms with Crippen molar-refractivity contribution in [2.45, 2.75) is 13.2 Å². The van der Waals surface area contributed by atoms with E-state index in [9.17, 15) is 4.79 Å². The number of furan rings is 1. The molecule has 0 aliphatic carbocycles. The Morgan fingerprint density at radius 3 is 2.96 bits per heavy atom. The highest BCUT2D eigenvalue weighted by atomic mass is 16.5. The summed E-state index contributed by atoms with van der Waals surface area (Å²) >= 11 is 0. The van der Waals surface area contributed by atoms with Crippen molar-refractivity contribution in [3.8, 4) is 11.3 Å². The maximum Gasteiger partial charge on any atom is 0.407 e. The number of nitrogens with zero attached hydrogens (tertiary/aromatic N) is 2. The first-order valence-electron chi connectivity index (χ1n) is 7.09. The summed E-state index contributed by atoms with van der Waals surface area (Å²) in [5, 5.41) is 2.68. The number of hydrogen-bond donors (Lipinski definition) is 1. The summed E-state index contributed by atoms with van der Waals surface area (Å²) in [4.78, 5) is 19.9. The molecule has 6 nitrogen and oxygen atoms in total. The van der Waals surface area contributed by atoms with Crippen molar-refractivity contribution >= 4 is 6.09 Å². The third-order valence-electron chi connectivity index (χ3n) is 3.11. The Morgan fingerprint density at radius 2 is 2.17 bits per heavy atom. The molecule has 3 heterocycles. The van der Waals surface area contributed by atoms with Crippen LogP contribution < -0.4 is 5.32 Å². The van der Waals surface area contributed by atoms with E-state index >= 15 is 0 Å². The summed E-state index contributed by atoms with van der Waals surface area (Å²) in [6, 6.07) is 11.0. The number of rotatable bonds is 5. The van der Waals surface area contributed by atoms with Gasteiger partial charge < -0.3 is 14.5 Å². The van der Waals surface area contributed by atoms with Crippen molar-refractivity contribution in [2.75, 3.05) is 0 Å². The second-order valence-electron chi connectivity index (χ2n) is 4.81. The normalized spacial score (nSPS) is 10.3. The summed E-state index contributed by atoms with van der Waals surface area (Å²) in [5.41, 5.74) is 2.41. The number of pyridine rings is 2. The Hall–Kier alpha value is -3.15. The van der Waals surface area contributed by atoms with Crippen LogP contribution in [-0.4, -0.2) is 16.1 Å². The van der Waals surface area contributed by atoms with E-state index in [0.717, 1.165) is 16.9 Å². The van der Waals surface area contributed by atoms with Crippen molar-refractivity contribution in [1.29, 1.82) is 0 Å². The largest absolute Gasteiger partial charge is 0.464 e. The lowest BCUT2D eigenvalue weighted by atomic mass is 10.1. The number of amides is 1. The van der Waals surface area contributed by atoms with E-state index in [1.165, 1.54) is 0 Å². The molecule has 0 saturated carbocycles. The van der Waals surface area contributed by atoms with E-state index in [0.29, 0.717) is 12.2 Å². The van der Waals surface area contributed by atoms with E-state index in [1.807, 2.05) is 30.3 Å². The number of carbonyl (C=O) groups is 1. The molecule has 0 aliphatic heterocycles. The van der Waals surface area contributed by atoms with Crippen LogP contribution in [-0.2, 0) is 17.9 Å². The average molecular weight is 309 g/mol. The minimum atomic E-state index is -0.501. The maximum absolute atomic E-state index is 11.7. The number of alkyl carbamates (subject to hydrolysis) is 1. The topological polar surface area (TPSA) is 77.2 Å². The first-order valence-corrected chi connectivity index (χ1v) is 7.09. The zero-order valence-corrected chi connectivity index (χ0v) is 12.3. The third-order valence-corrected chi connectivity index (χ3v) is 3.11. The Morgan fingerprint density at radius 1 is 1.22 bits per heavy atom. The average Bonchev–Trinajstić information content (AvgIpc) is 3.14. The van der Waals surface area contributed by atoms with Crippen LogP contribution in [0.3, 0.4) is 0 Å². The Kier molecular flexibility index (Phi) is 4.63. The number of hydrogen-bond acceptors (Lipinski definition) is 5. The molecule has 116 valence electrons. The van der Waals surface area contributed by atoms with Crippen LogP contribution in [0, 0.1) is 0 Å².